The number of carbonyl (C=O) groups excluding carboxylic acids is 1. The molecule has 0 unspecified atom stereocenters. The van der Waals surface area contributed by atoms with E-state index in [-0.39, 0.29) is 29.9 Å². The van der Waals surface area contributed by atoms with E-state index in [2.05, 4.69) is 20.6 Å². The molecule has 0 fully saturated rings. The minimum Gasteiger partial charge on any atom is -0.461 e. The number of guanidine groups is 1. The van der Waals surface area contributed by atoms with Gasteiger partial charge in [-0.05, 0) is 6.92 Å². The minimum atomic E-state index is -0.362. The Bertz CT molecular complexity index is 423. The predicted octanol–water partition coefficient (Wildman–Crippen LogP) is 1.28. The zero-order valence-electron chi connectivity index (χ0n) is 11.2. The van der Waals surface area contributed by atoms with Crippen molar-refractivity contribution in [3.05, 3.63) is 16.1 Å². The summed E-state index contributed by atoms with van der Waals surface area (Å²) < 4.78 is 4.88. The molecule has 0 saturated heterocycles. The molecule has 0 atom stereocenters. The van der Waals surface area contributed by atoms with Crippen molar-refractivity contribution in [2.75, 3.05) is 27.2 Å². The van der Waals surface area contributed by atoms with Gasteiger partial charge in [0.25, 0.3) is 0 Å². The first kappa shape index (κ1) is 18.1. The first-order chi connectivity index (χ1) is 8.71. The van der Waals surface area contributed by atoms with Crippen LogP contribution in [0.25, 0.3) is 0 Å². The maximum absolute atomic E-state index is 11.4. The molecule has 1 aromatic heterocycles. The van der Waals surface area contributed by atoms with Crippen molar-refractivity contribution < 1.29 is 9.53 Å². The normalized spacial score (nSPS) is 10.6. The molecule has 1 aromatic rings. The molecule has 0 aromatic carbocycles. The van der Waals surface area contributed by atoms with Crippen molar-refractivity contribution in [1.29, 1.82) is 0 Å². The lowest BCUT2D eigenvalue weighted by molar-refractivity contribution is 0.0520. The molecule has 0 amide bonds. The van der Waals surface area contributed by atoms with Crippen LogP contribution < -0.4 is 10.6 Å². The molecule has 8 heteroatoms. The monoisotopic (exact) mass is 398 g/mol. The smallest absolute Gasteiger partial charge is 0.357 e. The van der Waals surface area contributed by atoms with Crippen LogP contribution in [-0.2, 0) is 11.2 Å². The van der Waals surface area contributed by atoms with Crippen LogP contribution in [0, 0.1) is 0 Å². The van der Waals surface area contributed by atoms with Crippen molar-refractivity contribution in [3.63, 3.8) is 0 Å². The maximum Gasteiger partial charge on any atom is 0.357 e. The summed E-state index contributed by atoms with van der Waals surface area (Å²) in [5, 5.41) is 8.67. The third-order valence-electron chi connectivity index (χ3n) is 2.13. The van der Waals surface area contributed by atoms with Crippen LogP contribution in [0.2, 0.25) is 0 Å². The summed E-state index contributed by atoms with van der Waals surface area (Å²) in [6.45, 7) is 2.85. The Hall–Kier alpha value is -0.900. The van der Waals surface area contributed by atoms with Gasteiger partial charge in [-0.1, -0.05) is 0 Å². The highest BCUT2D eigenvalue weighted by Gasteiger charge is 2.11. The summed E-state index contributed by atoms with van der Waals surface area (Å²) in [6, 6.07) is 0. The van der Waals surface area contributed by atoms with Crippen molar-refractivity contribution in [2.24, 2.45) is 4.99 Å². The quantitative estimate of drug-likeness (QED) is 0.338. The van der Waals surface area contributed by atoms with E-state index in [0.717, 1.165) is 17.4 Å². The van der Waals surface area contributed by atoms with Crippen LogP contribution in [0.4, 0.5) is 0 Å². The second kappa shape index (κ2) is 9.96. The van der Waals surface area contributed by atoms with Crippen molar-refractivity contribution in [2.45, 2.75) is 13.3 Å². The SMILES string of the molecule is CCOC(=O)c1csc(CCNC(=NC)NC)n1.I. The highest BCUT2D eigenvalue weighted by atomic mass is 127. The van der Waals surface area contributed by atoms with Gasteiger partial charge >= 0.3 is 5.97 Å². The average Bonchev–Trinajstić information content (AvgIpc) is 2.84. The van der Waals surface area contributed by atoms with Gasteiger partial charge < -0.3 is 15.4 Å². The van der Waals surface area contributed by atoms with Crippen LogP contribution in [0.1, 0.15) is 22.4 Å². The number of ether oxygens (including phenoxy) is 1. The van der Waals surface area contributed by atoms with Crippen molar-refractivity contribution in [3.8, 4) is 0 Å². The third kappa shape index (κ3) is 6.19. The van der Waals surface area contributed by atoms with E-state index >= 15 is 0 Å². The lowest BCUT2D eigenvalue weighted by Gasteiger charge is -2.06. The standard InChI is InChI=1S/C11H18N4O2S.HI/c1-4-17-10(16)8-7-18-9(15-8)5-6-14-11(12-2)13-3;/h7H,4-6H2,1-3H3,(H2,12,13,14);1H. The summed E-state index contributed by atoms with van der Waals surface area (Å²) in [5.41, 5.74) is 0.384. The summed E-state index contributed by atoms with van der Waals surface area (Å²) in [7, 11) is 3.51. The maximum atomic E-state index is 11.4. The number of esters is 1. The van der Waals surface area contributed by atoms with Crippen molar-refractivity contribution >= 4 is 47.2 Å². The molecule has 2 N–H and O–H groups in total. The predicted molar refractivity (Wildman–Crippen MR) is 87.6 cm³/mol. The van der Waals surface area contributed by atoms with E-state index in [4.69, 9.17) is 4.74 Å². The fourth-order valence-electron chi connectivity index (χ4n) is 1.29. The lowest BCUT2D eigenvalue weighted by atomic mass is 10.4. The molecular weight excluding hydrogens is 379 g/mol. The van der Waals surface area contributed by atoms with E-state index in [1.807, 2.05) is 0 Å². The highest BCUT2D eigenvalue weighted by molar-refractivity contribution is 14.0. The lowest BCUT2D eigenvalue weighted by Crippen LogP contribution is -2.35. The van der Waals surface area contributed by atoms with E-state index in [1.54, 1.807) is 26.4 Å². The van der Waals surface area contributed by atoms with Crippen LogP contribution >= 0.6 is 35.3 Å². The third-order valence-corrected chi connectivity index (χ3v) is 3.04. The zero-order chi connectivity index (χ0) is 13.4. The van der Waals surface area contributed by atoms with Gasteiger partial charge in [0.2, 0.25) is 0 Å². The molecule has 0 aliphatic carbocycles. The van der Waals surface area contributed by atoms with Gasteiger partial charge in [0.15, 0.2) is 11.7 Å². The molecular formula is C11H19IN4O2S. The van der Waals surface area contributed by atoms with E-state index < -0.39 is 0 Å². The number of hydrogen-bond acceptors (Lipinski definition) is 5. The number of rotatable bonds is 5. The number of hydrogen-bond donors (Lipinski definition) is 2. The Kier molecular flexibility index (Phi) is 9.48. The number of nitrogens with one attached hydrogen (secondary N) is 2. The molecule has 6 nitrogen and oxygen atoms in total. The Morgan fingerprint density at radius 1 is 1.58 bits per heavy atom. The topological polar surface area (TPSA) is 75.6 Å². The number of thiazole rings is 1. The average molecular weight is 398 g/mol. The molecule has 0 aliphatic rings. The summed E-state index contributed by atoms with van der Waals surface area (Å²) in [4.78, 5) is 19.6. The Balaban J connectivity index is 0.00000324. The largest absolute Gasteiger partial charge is 0.461 e. The Labute approximate surface area is 134 Å². The molecule has 0 bridgehead atoms. The van der Waals surface area contributed by atoms with Crippen LogP contribution in [0.3, 0.4) is 0 Å². The molecule has 0 aliphatic heterocycles. The van der Waals surface area contributed by atoms with E-state index in [0.29, 0.717) is 18.8 Å². The van der Waals surface area contributed by atoms with Crippen LogP contribution in [0.5, 0.6) is 0 Å². The van der Waals surface area contributed by atoms with E-state index in [9.17, 15) is 4.79 Å². The number of aliphatic imine (C=N–C) groups is 1. The highest BCUT2D eigenvalue weighted by Crippen LogP contribution is 2.11. The fourth-order valence-corrected chi connectivity index (χ4v) is 2.06. The van der Waals surface area contributed by atoms with Gasteiger partial charge in [-0.15, -0.1) is 35.3 Å². The molecule has 1 rings (SSSR count). The molecule has 19 heavy (non-hydrogen) atoms. The van der Waals surface area contributed by atoms with E-state index in [1.165, 1.54) is 11.3 Å². The second-order valence-corrected chi connectivity index (χ2v) is 4.29. The van der Waals surface area contributed by atoms with Gasteiger partial charge in [0, 0.05) is 32.4 Å². The van der Waals surface area contributed by atoms with Crippen molar-refractivity contribution in [1.82, 2.24) is 15.6 Å². The van der Waals surface area contributed by atoms with Crippen LogP contribution in [-0.4, -0.2) is 44.2 Å². The van der Waals surface area contributed by atoms with Gasteiger partial charge in [-0.25, -0.2) is 9.78 Å². The molecule has 1 heterocycles. The number of aromatic nitrogens is 1. The minimum absolute atomic E-state index is 0. The van der Waals surface area contributed by atoms with Gasteiger partial charge in [0.1, 0.15) is 0 Å². The summed E-state index contributed by atoms with van der Waals surface area (Å²) in [6.07, 6.45) is 0.741. The second-order valence-electron chi connectivity index (χ2n) is 3.35. The summed E-state index contributed by atoms with van der Waals surface area (Å²) >= 11 is 1.46. The van der Waals surface area contributed by atoms with Gasteiger partial charge in [0.05, 0.1) is 11.6 Å². The first-order valence-corrected chi connectivity index (χ1v) is 6.59. The molecule has 0 radical (unpaired) electrons. The zero-order valence-corrected chi connectivity index (χ0v) is 14.4. The fraction of sp³-hybridized carbons (Fsp3) is 0.545. The number of halogens is 1. The first-order valence-electron chi connectivity index (χ1n) is 5.71. The molecule has 0 spiro atoms. The van der Waals surface area contributed by atoms with Gasteiger partial charge in [-0.3, -0.25) is 4.99 Å². The number of nitrogens with zero attached hydrogens (tertiary/aromatic N) is 2. The Morgan fingerprint density at radius 2 is 2.32 bits per heavy atom. The Morgan fingerprint density at radius 3 is 2.89 bits per heavy atom. The van der Waals surface area contributed by atoms with Crippen LogP contribution in [0.15, 0.2) is 10.4 Å². The summed E-state index contributed by atoms with van der Waals surface area (Å²) in [5.74, 6) is 0.371. The number of carbonyl (C=O) groups is 1. The molecule has 108 valence electrons. The van der Waals surface area contributed by atoms with Gasteiger partial charge in [-0.2, -0.15) is 0 Å². The molecule has 0 saturated carbocycles.